The number of phosphoric ester groups is 1. The molecule has 0 heterocycles. The highest BCUT2D eigenvalue weighted by atomic mass is 31.2. The van der Waals surface area contributed by atoms with Crippen LogP contribution in [0.3, 0.4) is 0 Å². The Hall–Kier alpha value is -2.07. The number of aliphatic hydroxyl groups excluding tert-OH is 2. The monoisotopic (exact) mass is 742 g/mol. The second-order valence-corrected chi connectivity index (χ2v) is 14.4. The number of carbonyl (C=O) groups excluding carboxylic acids is 2. The molecule has 296 valence electrons. The van der Waals surface area contributed by atoms with Crippen LogP contribution in [0.25, 0.3) is 0 Å². The van der Waals surface area contributed by atoms with Crippen molar-refractivity contribution in [3.63, 3.8) is 0 Å². The average molecular weight is 743 g/mol. The highest BCUT2D eigenvalue weighted by Gasteiger charge is 2.27. The van der Waals surface area contributed by atoms with Crippen molar-refractivity contribution in [1.82, 2.24) is 0 Å². The molecule has 0 aromatic heterocycles. The Kier molecular flexibility index (Phi) is 34.8. The van der Waals surface area contributed by atoms with E-state index >= 15 is 0 Å². The van der Waals surface area contributed by atoms with Crippen molar-refractivity contribution in [2.45, 2.75) is 167 Å². The van der Waals surface area contributed by atoms with Gasteiger partial charge >= 0.3 is 19.8 Å². The normalized spacial score (nSPS) is 14.5. The van der Waals surface area contributed by atoms with Gasteiger partial charge < -0.3 is 24.6 Å². The lowest BCUT2D eigenvalue weighted by Gasteiger charge is -2.20. The Bertz CT molecular complexity index is 994. The third kappa shape index (κ3) is 36.1. The van der Waals surface area contributed by atoms with Crippen molar-refractivity contribution >= 4 is 19.8 Å². The lowest BCUT2D eigenvalue weighted by Crippen LogP contribution is -2.29. The third-order valence-electron chi connectivity index (χ3n) is 7.97. The van der Waals surface area contributed by atoms with Gasteiger partial charge in [-0.05, 0) is 70.6 Å². The molecule has 3 atom stereocenters. The molecule has 0 bridgehead atoms. The van der Waals surface area contributed by atoms with Crippen LogP contribution in [0.15, 0.2) is 48.6 Å². The Balaban J connectivity index is 4.41. The summed E-state index contributed by atoms with van der Waals surface area (Å²) in [5.74, 6) is -0.959. The van der Waals surface area contributed by atoms with Crippen LogP contribution in [0, 0.1) is 0 Å². The molecule has 10 nitrogen and oxygen atoms in total. The van der Waals surface area contributed by atoms with Gasteiger partial charge in [0.05, 0.1) is 19.8 Å². The topological polar surface area (TPSA) is 149 Å². The van der Waals surface area contributed by atoms with Gasteiger partial charge in [0.15, 0.2) is 6.10 Å². The van der Waals surface area contributed by atoms with Crippen molar-refractivity contribution in [2.75, 3.05) is 26.4 Å². The molecule has 0 aliphatic rings. The Morgan fingerprint density at radius 1 is 0.608 bits per heavy atom. The highest BCUT2D eigenvalue weighted by Crippen LogP contribution is 2.43. The Morgan fingerprint density at radius 3 is 1.65 bits per heavy atom. The fraction of sp³-hybridized carbons (Fsp3) is 0.750. The zero-order chi connectivity index (χ0) is 37.7. The molecule has 0 aliphatic carbocycles. The number of aliphatic hydroxyl groups is 2. The molecule has 0 saturated carbocycles. The summed E-state index contributed by atoms with van der Waals surface area (Å²) in [5, 5.41) is 18.3. The Labute approximate surface area is 309 Å². The minimum absolute atomic E-state index is 0.162. The van der Waals surface area contributed by atoms with E-state index in [0.29, 0.717) is 12.8 Å². The molecule has 0 aromatic rings. The molecule has 0 fully saturated rings. The second-order valence-electron chi connectivity index (χ2n) is 12.9. The molecule has 0 aromatic carbocycles. The summed E-state index contributed by atoms with van der Waals surface area (Å²) in [6.45, 7) is 2.20. The summed E-state index contributed by atoms with van der Waals surface area (Å²) < 4.78 is 32.6. The number of allylic oxidation sites excluding steroid dienone is 8. The van der Waals surface area contributed by atoms with E-state index in [-0.39, 0.29) is 19.4 Å². The third-order valence-corrected chi connectivity index (χ3v) is 8.92. The molecule has 0 radical (unpaired) electrons. The SMILES string of the molecule is CCC=CCC=CCC=CCCCCCCCC(=O)OC(COC(=O)CCCCCCCC=CCCCCCC)COP(=O)(O)OCC(O)CO. The van der Waals surface area contributed by atoms with E-state index in [4.69, 9.17) is 19.1 Å². The minimum Gasteiger partial charge on any atom is -0.462 e. The van der Waals surface area contributed by atoms with Gasteiger partial charge in [0.25, 0.3) is 0 Å². The van der Waals surface area contributed by atoms with E-state index in [1.165, 1.54) is 25.7 Å². The molecule has 0 aliphatic heterocycles. The number of unbranched alkanes of at least 4 members (excludes halogenated alkanes) is 14. The number of ether oxygens (including phenoxy) is 2. The fourth-order valence-electron chi connectivity index (χ4n) is 4.94. The number of rotatable bonds is 36. The number of carbonyl (C=O) groups is 2. The van der Waals surface area contributed by atoms with Crippen LogP contribution in [0.4, 0.5) is 0 Å². The summed E-state index contributed by atoms with van der Waals surface area (Å²) in [7, 11) is -4.62. The predicted octanol–water partition coefficient (Wildman–Crippen LogP) is 9.77. The number of phosphoric acid groups is 1. The number of hydrogen-bond donors (Lipinski definition) is 3. The summed E-state index contributed by atoms with van der Waals surface area (Å²) in [6, 6.07) is 0. The van der Waals surface area contributed by atoms with Crippen molar-refractivity contribution in [3.05, 3.63) is 48.6 Å². The zero-order valence-corrected chi connectivity index (χ0v) is 32.7. The van der Waals surface area contributed by atoms with E-state index < -0.39 is 51.8 Å². The molecular weight excluding hydrogens is 671 g/mol. The van der Waals surface area contributed by atoms with Crippen molar-refractivity contribution in [3.8, 4) is 0 Å². The van der Waals surface area contributed by atoms with E-state index in [0.717, 1.165) is 89.9 Å². The maximum absolute atomic E-state index is 12.6. The first kappa shape index (κ1) is 48.9. The predicted molar refractivity (Wildman–Crippen MR) is 205 cm³/mol. The van der Waals surface area contributed by atoms with Gasteiger partial charge in [-0.2, -0.15) is 0 Å². The van der Waals surface area contributed by atoms with Crippen LogP contribution in [0.1, 0.15) is 155 Å². The van der Waals surface area contributed by atoms with Gasteiger partial charge in [-0.1, -0.05) is 120 Å². The van der Waals surface area contributed by atoms with E-state index in [9.17, 15) is 24.2 Å². The van der Waals surface area contributed by atoms with Gasteiger partial charge in [-0.15, -0.1) is 0 Å². The van der Waals surface area contributed by atoms with Gasteiger partial charge in [0.2, 0.25) is 0 Å². The lowest BCUT2D eigenvalue weighted by atomic mass is 10.1. The lowest BCUT2D eigenvalue weighted by molar-refractivity contribution is -0.161. The van der Waals surface area contributed by atoms with Crippen LogP contribution in [0.5, 0.6) is 0 Å². The molecular formula is C40H71O10P. The molecule has 0 spiro atoms. The average Bonchev–Trinajstić information content (AvgIpc) is 3.12. The quantitative estimate of drug-likeness (QED) is 0.0245. The summed E-state index contributed by atoms with van der Waals surface area (Å²) in [4.78, 5) is 34.8. The first-order chi connectivity index (χ1) is 24.7. The maximum atomic E-state index is 12.6. The van der Waals surface area contributed by atoms with Gasteiger partial charge in [-0.3, -0.25) is 18.6 Å². The molecule has 3 N–H and O–H groups in total. The molecule has 3 unspecified atom stereocenters. The minimum atomic E-state index is -4.62. The van der Waals surface area contributed by atoms with Crippen LogP contribution < -0.4 is 0 Å². The molecule has 51 heavy (non-hydrogen) atoms. The standard InChI is InChI=1S/C40H71O10P/c1-3-5-7-9-11-13-15-17-18-20-22-24-26-28-30-32-40(44)50-38(36-49-51(45,46)48-34-37(42)33-41)35-47-39(43)31-29-27-25-23-21-19-16-14-12-10-8-6-4-2/h5,7,11,13-14,16-18,37-38,41-42H,3-4,6,8-10,12,15,19-36H2,1-2H3,(H,45,46). The van der Waals surface area contributed by atoms with E-state index in [1.54, 1.807) is 0 Å². The zero-order valence-electron chi connectivity index (χ0n) is 31.8. The van der Waals surface area contributed by atoms with Crippen molar-refractivity contribution in [1.29, 1.82) is 0 Å². The van der Waals surface area contributed by atoms with Crippen molar-refractivity contribution in [2.24, 2.45) is 0 Å². The number of hydrogen-bond acceptors (Lipinski definition) is 9. The smallest absolute Gasteiger partial charge is 0.462 e. The molecule has 0 amide bonds. The summed E-state index contributed by atoms with van der Waals surface area (Å²) >= 11 is 0. The van der Waals surface area contributed by atoms with Crippen LogP contribution >= 0.6 is 7.82 Å². The van der Waals surface area contributed by atoms with Crippen molar-refractivity contribution < 1.29 is 47.8 Å². The fourth-order valence-corrected chi connectivity index (χ4v) is 5.73. The van der Waals surface area contributed by atoms with Crippen LogP contribution in [0.2, 0.25) is 0 Å². The molecule has 0 rings (SSSR count). The first-order valence-corrected chi connectivity index (χ1v) is 21.1. The number of esters is 2. The van der Waals surface area contributed by atoms with E-state index in [2.05, 4.69) is 67.0 Å². The van der Waals surface area contributed by atoms with Crippen LogP contribution in [-0.2, 0) is 32.7 Å². The van der Waals surface area contributed by atoms with E-state index in [1.807, 2.05) is 0 Å². The summed E-state index contributed by atoms with van der Waals surface area (Å²) in [6.07, 6.45) is 36.5. The van der Waals surface area contributed by atoms with Gasteiger partial charge in [0, 0.05) is 12.8 Å². The van der Waals surface area contributed by atoms with Gasteiger partial charge in [0.1, 0.15) is 12.7 Å². The highest BCUT2D eigenvalue weighted by molar-refractivity contribution is 7.47. The first-order valence-electron chi connectivity index (χ1n) is 19.6. The largest absolute Gasteiger partial charge is 0.472 e. The molecule has 0 saturated heterocycles. The van der Waals surface area contributed by atoms with Gasteiger partial charge in [-0.25, -0.2) is 4.57 Å². The Morgan fingerprint density at radius 2 is 1.08 bits per heavy atom. The molecule has 11 heteroatoms. The second kappa shape index (κ2) is 36.3. The van der Waals surface area contributed by atoms with Crippen LogP contribution in [-0.4, -0.2) is 65.7 Å². The summed E-state index contributed by atoms with van der Waals surface area (Å²) in [5.41, 5.74) is 0. The maximum Gasteiger partial charge on any atom is 0.472 e.